The van der Waals surface area contributed by atoms with E-state index in [2.05, 4.69) is 15.8 Å². The number of aryl methyl sites for hydroxylation is 1. The van der Waals surface area contributed by atoms with Crippen LogP contribution in [0.5, 0.6) is 5.75 Å². The van der Waals surface area contributed by atoms with Crippen LogP contribution in [-0.2, 0) is 4.79 Å². The van der Waals surface area contributed by atoms with Crippen LogP contribution in [0.15, 0.2) is 47.6 Å². The molecule has 130 valence electrons. The molecule has 0 unspecified atom stereocenters. The molecule has 0 aliphatic heterocycles. The minimum atomic E-state index is -0.388. The number of hydrogen-bond donors (Lipinski definition) is 2. The van der Waals surface area contributed by atoms with E-state index >= 15 is 0 Å². The first kappa shape index (κ1) is 18.2. The Balaban J connectivity index is 2.11. The van der Waals surface area contributed by atoms with E-state index in [-0.39, 0.29) is 11.8 Å². The van der Waals surface area contributed by atoms with Crippen molar-refractivity contribution in [3.8, 4) is 5.75 Å². The van der Waals surface area contributed by atoms with Gasteiger partial charge in [-0.2, -0.15) is 5.10 Å². The van der Waals surface area contributed by atoms with Gasteiger partial charge in [0.05, 0.1) is 18.4 Å². The van der Waals surface area contributed by atoms with Gasteiger partial charge in [-0.25, -0.2) is 5.43 Å². The van der Waals surface area contributed by atoms with Crippen molar-refractivity contribution >= 4 is 23.7 Å². The Labute approximate surface area is 146 Å². The number of amides is 2. The highest BCUT2D eigenvalue weighted by molar-refractivity contribution is 5.98. The quantitative estimate of drug-likeness (QED) is 0.627. The van der Waals surface area contributed by atoms with Crippen LogP contribution in [0.2, 0.25) is 0 Å². The van der Waals surface area contributed by atoms with Crippen LogP contribution in [0, 0.1) is 6.92 Å². The molecular weight excluding hydrogens is 318 g/mol. The summed E-state index contributed by atoms with van der Waals surface area (Å²) in [6.45, 7) is 5.64. The number of hydrazone groups is 1. The molecule has 0 heterocycles. The Morgan fingerprint density at radius 1 is 1.16 bits per heavy atom. The second-order valence-electron chi connectivity index (χ2n) is 5.43. The molecule has 0 aromatic heterocycles. The zero-order chi connectivity index (χ0) is 18.2. The summed E-state index contributed by atoms with van der Waals surface area (Å²) in [6.07, 6.45) is 1.57. The van der Waals surface area contributed by atoms with Crippen LogP contribution in [-0.4, -0.2) is 24.6 Å². The standard InChI is InChI=1S/C19H21N3O3/c1-4-25-18-11-16(21-14(3)23)9-10-17(18)19(24)22-20-12-15-7-5-13(2)6-8-15/h5-12H,4H2,1-3H3,(H,21,23)(H,22,24)/b20-12-. The van der Waals surface area contributed by atoms with Gasteiger partial charge in [0, 0.05) is 18.7 Å². The smallest absolute Gasteiger partial charge is 0.275 e. The molecule has 2 amide bonds. The monoisotopic (exact) mass is 339 g/mol. The Morgan fingerprint density at radius 3 is 2.52 bits per heavy atom. The Morgan fingerprint density at radius 2 is 1.88 bits per heavy atom. The molecule has 0 radical (unpaired) electrons. The van der Waals surface area contributed by atoms with Crippen molar-refractivity contribution in [1.29, 1.82) is 0 Å². The summed E-state index contributed by atoms with van der Waals surface area (Å²) in [7, 11) is 0. The van der Waals surface area contributed by atoms with Crippen LogP contribution < -0.4 is 15.5 Å². The van der Waals surface area contributed by atoms with E-state index in [1.54, 1.807) is 24.4 Å². The zero-order valence-electron chi connectivity index (χ0n) is 14.5. The third-order valence-electron chi connectivity index (χ3n) is 3.30. The molecule has 0 spiro atoms. The van der Waals surface area contributed by atoms with Gasteiger partial charge in [0.1, 0.15) is 5.75 Å². The van der Waals surface area contributed by atoms with E-state index in [1.807, 2.05) is 38.1 Å². The second kappa shape index (κ2) is 8.63. The lowest BCUT2D eigenvalue weighted by molar-refractivity contribution is -0.114. The molecule has 0 atom stereocenters. The van der Waals surface area contributed by atoms with Crippen molar-refractivity contribution in [3.05, 3.63) is 59.2 Å². The van der Waals surface area contributed by atoms with Crippen LogP contribution in [0.3, 0.4) is 0 Å². The lowest BCUT2D eigenvalue weighted by Crippen LogP contribution is -2.19. The summed E-state index contributed by atoms with van der Waals surface area (Å²) >= 11 is 0. The fourth-order valence-electron chi connectivity index (χ4n) is 2.14. The van der Waals surface area contributed by atoms with Crippen molar-refractivity contribution in [2.45, 2.75) is 20.8 Å². The van der Waals surface area contributed by atoms with Crippen LogP contribution in [0.1, 0.15) is 35.3 Å². The molecule has 0 fully saturated rings. The first-order valence-corrected chi connectivity index (χ1v) is 7.94. The van der Waals surface area contributed by atoms with Gasteiger partial charge in [0.2, 0.25) is 5.91 Å². The molecule has 2 aromatic carbocycles. The number of rotatable bonds is 6. The number of ether oxygens (including phenoxy) is 1. The number of nitrogens with zero attached hydrogens (tertiary/aromatic N) is 1. The lowest BCUT2D eigenvalue weighted by Gasteiger charge is -2.11. The SMILES string of the molecule is CCOc1cc(NC(C)=O)ccc1C(=O)N/N=C\c1ccc(C)cc1. The van der Waals surface area contributed by atoms with E-state index in [4.69, 9.17) is 4.74 Å². The predicted molar refractivity (Wildman–Crippen MR) is 98.2 cm³/mol. The van der Waals surface area contributed by atoms with Crippen molar-refractivity contribution in [2.75, 3.05) is 11.9 Å². The van der Waals surface area contributed by atoms with E-state index in [1.165, 1.54) is 6.92 Å². The lowest BCUT2D eigenvalue weighted by atomic mass is 10.1. The van der Waals surface area contributed by atoms with Crippen molar-refractivity contribution in [1.82, 2.24) is 5.43 Å². The normalized spacial score (nSPS) is 10.5. The maximum atomic E-state index is 12.3. The van der Waals surface area contributed by atoms with Gasteiger partial charge in [-0.1, -0.05) is 29.8 Å². The molecule has 25 heavy (non-hydrogen) atoms. The summed E-state index contributed by atoms with van der Waals surface area (Å²) in [6, 6.07) is 12.6. The molecule has 2 N–H and O–H groups in total. The minimum absolute atomic E-state index is 0.192. The third kappa shape index (κ3) is 5.46. The highest BCUT2D eigenvalue weighted by Gasteiger charge is 2.13. The molecule has 0 bridgehead atoms. The molecule has 6 heteroatoms. The summed E-state index contributed by atoms with van der Waals surface area (Å²) in [4.78, 5) is 23.5. The Hall–Kier alpha value is -3.15. The summed E-state index contributed by atoms with van der Waals surface area (Å²) in [5.74, 6) is -0.194. The predicted octanol–water partition coefficient (Wildman–Crippen LogP) is 3.12. The molecule has 2 aromatic rings. The van der Waals surface area contributed by atoms with Crippen LogP contribution in [0.4, 0.5) is 5.69 Å². The number of anilines is 1. The molecule has 0 aliphatic carbocycles. The van der Waals surface area contributed by atoms with Crippen molar-refractivity contribution in [3.63, 3.8) is 0 Å². The minimum Gasteiger partial charge on any atom is -0.493 e. The maximum Gasteiger partial charge on any atom is 0.275 e. The van der Waals surface area contributed by atoms with Gasteiger partial charge < -0.3 is 10.1 Å². The second-order valence-corrected chi connectivity index (χ2v) is 5.43. The highest BCUT2D eigenvalue weighted by Crippen LogP contribution is 2.23. The van der Waals surface area contributed by atoms with Gasteiger partial charge in [0.25, 0.3) is 5.91 Å². The van der Waals surface area contributed by atoms with Gasteiger partial charge in [-0.05, 0) is 31.5 Å². The van der Waals surface area contributed by atoms with Crippen LogP contribution >= 0.6 is 0 Å². The largest absolute Gasteiger partial charge is 0.493 e. The third-order valence-corrected chi connectivity index (χ3v) is 3.30. The molecule has 2 rings (SSSR count). The van der Waals surface area contributed by atoms with Gasteiger partial charge in [-0.15, -0.1) is 0 Å². The number of carbonyl (C=O) groups excluding carboxylic acids is 2. The maximum absolute atomic E-state index is 12.3. The molecular formula is C19H21N3O3. The topological polar surface area (TPSA) is 79.8 Å². The average molecular weight is 339 g/mol. The number of carbonyl (C=O) groups is 2. The number of nitrogens with one attached hydrogen (secondary N) is 2. The number of benzene rings is 2. The Kier molecular flexibility index (Phi) is 6.28. The van der Waals surface area contributed by atoms with Gasteiger partial charge in [0.15, 0.2) is 0 Å². The zero-order valence-corrected chi connectivity index (χ0v) is 14.5. The molecule has 0 saturated heterocycles. The fourth-order valence-corrected chi connectivity index (χ4v) is 2.14. The van der Waals surface area contributed by atoms with Gasteiger partial charge in [-0.3, -0.25) is 9.59 Å². The summed E-state index contributed by atoms with van der Waals surface area (Å²) in [5.41, 5.74) is 5.43. The Bertz CT molecular complexity index is 783. The first-order valence-electron chi connectivity index (χ1n) is 7.94. The van der Waals surface area contributed by atoms with E-state index in [0.29, 0.717) is 23.6 Å². The molecule has 0 saturated carbocycles. The van der Waals surface area contributed by atoms with E-state index in [9.17, 15) is 9.59 Å². The van der Waals surface area contributed by atoms with Gasteiger partial charge >= 0.3 is 0 Å². The van der Waals surface area contributed by atoms with Crippen molar-refractivity contribution < 1.29 is 14.3 Å². The molecule has 6 nitrogen and oxygen atoms in total. The number of hydrogen-bond acceptors (Lipinski definition) is 4. The van der Waals surface area contributed by atoms with E-state index in [0.717, 1.165) is 11.1 Å². The average Bonchev–Trinajstić information content (AvgIpc) is 2.56. The van der Waals surface area contributed by atoms with E-state index < -0.39 is 0 Å². The summed E-state index contributed by atoms with van der Waals surface area (Å²) in [5, 5.41) is 6.63. The summed E-state index contributed by atoms with van der Waals surface area (Å²) < 4.78 is 5.49. The van der Waals surface area contributed by atoms with Crippen molar-refractivity contribution in [2.24, 2.45) is 5.10 Å². The van der Waals surface area contributed by atoms with Crippen LogP contribution in [0.25, 0.3) is 0 Å². The first-order chi connectivity index (χ1) is 12.0. The fraction of sp³-hybridized carbons (Fsp3) is 0.211. The highest BCUT2D eigenvalue weighted by atomic mass is 16.5. The molecule has 0 aliphatic rings.